The second-order valence-corrected chi connectivity index (χ2v) is 8.23. The van der Waals surface area contributed by atoms with E-state index in [2.05, 4.69) is 25.6 Å². The van der Waals surface area contributed by atoms with Gasteiger partial charge in [-0.25, -0.2) is 15.0 Å². The van der Waals surface area contributed by atoms with Crippen LogP contribution in [0.5, 0.6) is 0 Å². The van der Waals surface area contributed by atoms with E-state index in [0.29, 0.717) is 24.5 Å². The minimum absolute atomic E-state index is 0.200. The number of piperidine rings is 1. The van der Waals surface area contributed by atoms with Gasteiger partial charge in [-0.05, 0) is 50.5 Å². The fourth-order valence-corrected chi connectivity index (χ4v) is 4.16. The van der Waals surface area contributed by atoms with E-state index in [1.165, 1.54) is 0 Å². The van der Waals surface area contributed by atoms with E-state index in [9.17, 15) is 4.79 Å². The summed E-state index contributed by atoms with van der Waals surface area (Å²) >= 11 is 1.64. The Bertz CT molecular complexity index is 797. The molecule has 2 atom stereocenters. The zero-order valence-electron chi connectivity index (χ0n) is 16.1. The number of thioether (sulfide) groups is 1. The van der Waals surface area contributed by atoms with Crippen LogP contribution >= 0.6 is 11.8 Å². The van der Waals surface area contributed by atoms with E-state index in [4.69, 9.17) is 0 Å². The Labute approximate surface area is 169 Å². The molecule has 1 aliphatic carbocycles. The van der Waals surface area contributed by atoms with Gasteiger partial charge in [0.05, 0.1) is 11.9 Å². The highest BCUT2D eigenvalue weighted by Crippen LogP contribution is 2.26. The van der Waals surface area contributed by atoms with Crippen LogP contribution in [-0.2, 0) is 4.79 Å². The Balaban J connectivity index is 1.29. The van der Waals surface area contributed by atoms with Crippen LogP contribution in [0.3, 0.4) is 0 Å². The highest BCUT2D eigenvalue weighted by atomic mass is 32.2. The van der Waals surface area contributed by atoms with E-state index >= 15 is 0 Å². The maximum atomic E-state index is 12.0. The second-order valence-electron chi connectivity index (χ2n) is 7.35. The monoisotopic (exact) mass is 398 g/mol. The Morgan fingerprint density at radius 1 is 1.04 bits per heavy atom. The zero-order valence-corrected chi connectivity index (χ0v) is 16.9. The molecule has 2 aliphatic rings. The molecular weight excluding hydrogens is 372 g/mol. The summed E-state index contributed by atoms with van der Waals surface area (Å²) in [5, 5.41) is 6.95. The first-order valence-electron chi connectivity index (χ1n) is 9.87. The summed E-state index contributed by atoms with van der Waals surface area (Å²) in [5.41, 5.74) is 0.895. The molecule has 2 fully saturated rings. The number of carbonyl (C=O) groups excluding carboxylic acids is 1. The lowest BCUT2D eigenvalue weighted by Gasteiger charge is -2.26. The van der Waals surface area contributed by atoms with Crippen molar-refractivity contribution in [3.63, 3.8) is 0 Å². The molecular formula is C20H26N6OS. The highest BCUT2D eigenvalue weighted by molar-refractivity contribution is 7.98. The average Bonchev–Trinajstić information content (AvgIpc) is 3.16. The molecule has 1 saturated heterocycles. The van der Waals surface area contributed by atoms with Crippen LogP contribution in [-0.4, -0.2) is 45.7 Å². The molecule has 3 heterocycles. The van der Waals surface area contributed by atoms with Crippen molar-refractivity contribution >= 4 is 35.1 Å². The van der Waals surface area contributed by atoms with Gasteiger partial charge in [0.15, 0.2) is 0 Å². The number of nitrogens with zero attached hydrogens (tertiary/aromatic N) is 4. The number of amides is 1. The van der Waals surface area contributed by atoms with Crippen molar-refractivity contribution < 1.29 is 4.79 Å². The van der Waals surface area contributed by atoms with Gasteiger partial charge in [-0.15, -0.1) is 11.8 Å². The predicted octanol–water partition coefficient (Wildman–Crippen LogP) is 3.56. The Hall–Kier alpha value is -2.35. The summed E-state index contributed by atoms with van der Waals surface area (Å²) in [5.74, 6) is 1.75. The number of hydrogen-bond donors (Lipinski definition) is 2. The third-order valence-electron chi connectivity index (χ3n) is 5.36. The fraction of sp³-hybridized carbons (Fsp3) is 0.500. The molecule has 7 nitrogen and oxygen atoms in total. The lowest BCUT2D eigenvalue weighted by Crippen LogP contribution is -2.35. The normalized spacial score (nSPS) is 22.3. The van der Waals surface area contributed by atoms with Crippen molar-refractivity contribution in [3.8, 4) is 0 Å². The number of nitrogens with one attached hydrogen (secondary N) is 2. The van der Waals surface area contributed by atoms with Crippen LogP contribution in [0, 0.1) is 0 Å². The maximum absolute atomic E-state index is 12.0. The summed E-state index contributed by atoms with van der Waals surface area (Å²) in [6, 6.07) is 4.70. The van der Waals surface area contributed by atoms with E-state index in [0.717, 1.165) is 55.0 Å². The molecule has 1 saturated carbocycles. The lowest BCUT2D eigenvalue weighted by atomic mass is 10.1. The maximum Gasteiger partial charge on any atom is 0.227 e. The van der Waals surface area contributed by atoms with Crippen LogP contribution in [0.1, 0.15) is 38.5 Å². The standard InChI is InChI=1S/C20H26N6OS/c1-28-17-12-22-20(23-13-17)25-15-6-5-14(10-15)24-18-8-7-16(11-21-18)26-9-3-2-4-19(26)27/h7-8,11-15H,2-6,9-10H2,1H3,(H,21,24)(H,22,23,25)/t14-,15-/m0/s1. The van der Waals surface area contributed by atoms with Crippen LogP contribution in [0.25, 0.3) is 0 Å². The molecule has 1 amide bonds. The van der Waals surface area contributed by atoms with Gasteiger partial charge in [0.2, 0.25) is 11.9 Å². The summed E-state index contributed by atoms with van der Waals surface area (Å²) in [6.07, 6.45) is 13.4. The Kier molecular flexibility index (Phi) is 5.95. The molecule has 4 rings (SSSR count). The summed E-state index contributed by atoms with van der Waals surface area (Å²) in [4.78, 5) is 28.2. The molecule has 148 valence electrons. The number of pyridine rings is 1. The van der Waals surface area contributed by atoms with Gasteiger partial charge in [0, 0.05) is 42.3 Å². The van der Waals surface area contributed by atoms with E-state index < -0.39 is 0 Å². The van der Waals surface area contributed by atoms with Crippen molar-refractivity contribution in [1.29, 1.82) is 0 Å². The van der Waals surface area contributed by atoms with Crippen molar-refractivity contribution in [3.05, 3.63) is 30.7 Å². The minimum Gasteiger partial charge on any atom is -0.367 e. The molecule has 2 aromatic rings. The number of anilines is 3. The zero-order chi connectivity index (χ0) is 19.3. The Morgan fingerprint density at radius 2 is 1.82 bits per heavy atom. The average molecular weight is 399 g/mol. The third-order valence-corrected chi connectivity index (χ3v) is 6.05. The molecule has 0 bridgehead atoms. The smallest absolute Gasteiger partial charge is 0.227 e. The van der Waals surface area contributed by atoms with Crippen LogP contribution in [0.2, 0.25) is 0 Å². The van der Waals surface area contributed by atoms with Gasteiger partial charge in [-0.1, -0.05) is 0 Å². The number of carbonyl (C=O) groups is 1. The van der Waals surface area contributed by atoms with Gasteiger partial charge in [-0.2, -0.15) is 0 Å². The van der Waals surface area contributed by atoms with Crippen LogP contribution in [0.4, 0.5) is 17.5 Å². The van der Waals surface area contributed by atoms with E-state index in [1.54, 1.807) is 18.0 Å². The molecule has 2 aromatic heterocycles. The van der Waals surface area contributed by atoms with Gasteiger partial charge < -0.3 is 15.5 Å². The summed E-state index contributed by atoms with van der Waals surface area (Å²) < 4.78 is 0. The highest BCUT2D eigenvalue weighted by Gasteiger charge is 2.25. The Morgan fingerprint density at radius 3 is 2.50 bits per heavy atom. The van der Waals surface area contributed by atoms with E-state index in [1.807, 2.05) is 35.7 Å². The molecule has 0 radical (unpaired) electrons. The molecule has 2 N–H and O–H groups in total. The van der Waals surface area contributed by atoms with Crippen LogP contribution < -0.4 is 15.5 Å². The largest absolute Gasteiger partial charge is 0.367 e. The van der Waals surface area contributed by atoms with Crippen LogP contribution in [0.15, 0.2) is 35.6 Å². The minimum atomic E-state index is 0.200. The second kappa shape index (κ2) is 8.77. The van der Waals surface area contributed by atoms with E-state index in [-0.39, 0.29) is 5.91 Å². The first-order valence-corrected chi connectivity index (χ1v) is 11.1. The van der Waals surface area contributed by atoms with Crippen molar-refractivity contribution in [2.24, 2.45) is 0 Å². The topological polar surface area (TPSA) is 83.0 Å². The van der Waals surface area contributed by atoms with Gasteiger partial charge >= 0.3 is 0 Å². The number of aromatic nitrogens is 3. The first kappa shape index (κ1) is 19.0. The number of hydrogen-bond acceptors (Lipinski definition) is 7. The molecule has 0 unspecified atom stereocenters. The third kappa shape index (κ3) is 4.55. The molecule has 1 aliphatic heterocycles. The SMILES string of the molecule is CSc1cnc(N[C@H]2CC[C@H](Nc3ccc(N4CCCCC4=O)cn3)C2)nc1. The molecule has 28 heavy (non-hydrogen) atoms. The molecule has 0 aromatic carbocycles. The summed E-state index contributed by atoms with van der Waals surface area (Å²) in [6.45, 7) is 0.795. The molecule has 0 spiro atoms. The van der Waals surface area contributed by atoms with Crippen molar-refractivity contribution in [2.45, 2.75) is 55.5 Å². The van der Waals surface area contributed by atoms with Gasteiger partial charge in [-0.3, -0.25) is 4.79 Å². The van der Waals surface area contributed by atoms with Crippen molar-refractivity contribution in [2.75, 3.05) is 28.3 Å². The fourth-order valence-electron chi connectivity index (χ4n) is 3.84. The molecule has 8 heteroatoms. The lowest BCUT2D eigenvalue weighted by molar-refractivity contribution is -0.119. The van der Waals surface area contributed by atoms with Crippen molar-refractivity contribution in [1.82, 2.24) is 15.0 Å². The van der Waals surface area contributed by atoms with Gasteiger partial charge in [0.1, 0.15) is 5.82 Å². The first-order chi connectivity index (χ1) is 13.7. The quantitative estimate of drug-likeness (QED) is 0.720. The number of rotatable bonds is 6. The predicted molar refractivity (Wildman–Crippen MR) is 113 cm³/mol. The summed E-state index contributed by atoms with van der Waals surface area (Å²) in [7, 11) is 0. The van der Waals surface area contributed by atoms with Gasteiger partial charge in [0.25, 0.3) is 0 Å².